The Hall–Kier alpha value is -3.77. The van der Waals surface area contributed by atoms with Gasteiger partial charge in [0.15, 0.2) is 5.82 Å². The highest BCUT2D eigenvalue weighted by Crippen LogP contribution is 2.18. The summed E-state index contributed by atoms with van der Waals surface area (Å²) in [6, 6.07) is 18.4. The van der Waals surface area contributed by atoms with E-state index in [2.05, 4.69) is 28.4 Å². The van der Waals surface area contributed by atoms with Crippen molar-refractivity contribution in [2.75, 3.05) is 0 Å². The van der Waals surface area contributed by atoms with E-state index < -0.39 is 0 Å². The third kappa shape index (κ3) is 4.56. The topological polar surface area (TPSA) is 25.8 Å². The van der Waals surface area contributed by atoms with Crippen LogP contribution in [-0.2, 0) is 6.42 Å². The third-order valence-electron chi connectivity index (χ3n) is 4.64. The molecule has 0 radical (unpaired) electrons. The fraction of sp³-hybridized carbons (Fsp3) is 0.0769. The number of allylic oxidation sites excluding steroid dienone is 1. The maximum absolute atomic E-state index is 13.3. The minimum atomic E-state index is -0.230. The Labute approximate surface area is 169 Å². The molecule has 0 saturated heterocycles. The van der Waals surface area contributed by atoms with Gasteiger partial charge in [0.05, 0.1) is 0 Å². The standard InChI is InChI=1S/C26H19FN2/c1-2-3-4-21-17-28-26(29-18-21)22-10-7-19(8-11-22)5-6-20-9-12-24-16-25(27)14-13-23(24)15-20/h2,7-18H,1,3-4H2. The molecule has 2 nitrogen and oxygen atoms in total. The zero-order chi connectivity index (χ0) is 20.1. The first-order chi connectivity index (χ1) is 14.2. The number of fused-ring (bicyclic) bond motifs is 1. The van der Waals surface area contributed by atoms with Crippen LogP contribution < -0.4 is 0 Å². The number of benzene rings is 3. The molecule has 0 aliphatic rings. The zero-order valence-corrected chi connectivity index (χ0v) is 15.9. The number of aryl methyl sites for hydroxylation is 1. The van der Waals surface area contributed by atoms with Crippen molar-refractivity contribution in [3.05, 3.63) is 108 Å². The van der Waals surface area contributed by atoms with Crippen molar-refractivity contribution in [2.24, 2.45) is 0 Å². The van der Waals surface area contributed by atoms with E-state index in [1.54, 1.807) is 6.07 Å². The molecule has 0 atom stereocenters. The first kappa shape index (κ1) is 18.6. The third-order valence-corrected chi connectivity index (χ3v) is 4.64. The second kappa shape index (κ2) is 8.50. The molecular weight excluding hydrogens is 359 g/mol. The van der Waals surface area contributed by atoms with Crippen LogP contribution in [0.5, 0.6) is 0 Å². The highest BCUT2D eigenvalue weighted by molar-refractivity contribution is 5.84. The van der Waals surface area contributed by atoms with Gasteiger partial charge in [0.1, 0.15) is 5.82 Å². The molecule has 0 aliphatic carbocycles. The summed E-state index contributed by atoms with van der Waals surface area (Å²) in [4.78, 5) is 8.90. The van der Waals surface area contributed by atoms with Gasteiger partial charge in [-0.25, -0.2) is 14.4 Å². The fourth-order valence-corrected chi connectivity index (χ4v) is 3.04. The number of hydrogen-bond acceptors (Lipinski definition) is 2. The van der Waals surface area contributed by atoms with Gasteiger partial charge in [0, 0.05) is 29.1 Å². The molecule has 0 fully saturated rings. The zero-order valence-electron chi connectivity index (χ0n) is 15.9. The van der Waals surface area contributed by atoms with Gasteiger partial charge in [0.2, 0.25) is 0 Å². The molecule has 3 aromatic carbocycles. The molecule has 0 bridgehead atoms. The van der Waals surface area contributed by atoms with E-state index in [0.717, 1.165) is 45.9 Å². The lowest BCUT2D eigenvalue weighted by Crippen LogP contribution is -1.92. The molecule has 0 N–H and O–H groups in total. The summed E-state index contributed by atoms with van der Waals surface area (Å²) in [6.07, 6.45) is 7.45. The lowest BCUT2D eigenvalue weighted by atomic mass is 10.1. The Morgan fingerprint density at radius 3 is 2.24 bits per heavy atom. The van der Waals surface area contributed by atoms with Crippen LogP contribution in [0.25, 0.3) is 22.2 Å². The summed E-state index contributed by atoms with van der Waals surface area (Å²) in [7, 11) is 0. The SMILES string of the molecule is C=CCCc1cnc(-c2ccc(C#Cc3ccc4cc(F)ccc4c3)cc2)nc1. The van der Waals surface area contributed by atoms with Gasteiger partial charge in [-0.3, -0.25) is 0 Å². The largest absolute Gasteiger partial charge is 0.236 e. The highest BCUT2D eigenvalue weighted by atomic mass is 19.1. The van der Waals surface area contributed by atoms with Crippen molar-refractivity contribution in [2.45, 2.75) is 12.8 Å². The molecule has 0 unspecified atom stereocenters. The highest BCUT2D eigenvalue weighted by Gasteiger charge is 2.02. The van der Waals surface area contributed by atoms with E-state index in [1.165, 1.54) is 12.1 Å². The minimum absolute atomic E-state index is 0.230. The molecular formula is C26H19FN2. The van der Waals surface area contributed by atoms with E-state index in [0.29, 0.717) is 5.82 Å². The van der Waals surface area contributed by atoms with E-state index in [-0.39, 0.29) is 5.82 Å². The van der Waals surface area contributed by atoms with Crippen molar-refractivity contribution in [3.8, 4) is 23.2 Å². The van der Waals surface area contributed by atoms with Crippen LogP contribution in [0.3, 0.4) is 0 Å². The minimum Gasteiger partial charge on any atom is -0.236 e. The smallest absolute Gasteiger partial charge is 0.159 e. The van der Waals surface area contributed by atoms with Crippen molar-refractivity contribution >= 4 is 10.8 Å². The second-order valence-electron chi connectivity index (χ2n) is 6.78. The lowest BCUT2D eigenvalue weighted by Gasteiger charge is -2.02. The average molecular weight is 378 g/mol. The van der Waals surface area contributed by atoms with Crippen LogP contribution in [0.2, 0.25) is 0 Å². The Kier molecular flexibility index (Phi) is 5.45. The lowest BCUT2D eigenvalue weighted by molar-refractivity contribution is 0.630. The van der Waals surface area contributed by atoms with E-state index >= 15 is 0 Å². The van der Waals surface area contributed by atoms with Gasteiger partial charge in [0.25, 0.3) is 0 Å². The molecule has 140 valence electrons. The maximum atomic E-state index is 13.3. The molecule has 0 spiro atoms. The van der Waals surface area contributed by atoms with Crippen molar-refractivity contribution in [3.63, 3.8) is 0 Å². The number of rotatable bonds is 4. The van der Waals surface area contributed by atoms with Gasteiger partial charge >= 0.3 is 0 Å². The second-order valence-corrected chi connectivity index (χ2v) is 6.78. The summed E-state index contributed by atoms with van der Waals surface area (Å²) in [6.45, 7) is 3.73. The van der Waals surface area contributed by atoms with Crippen LogP contribution >= 0.6 is 0 Å². The van der Waals surface area contributed by atoms with Crippen molar-refractivity contribution in [1.82, 2.24) is 9.97 Å². The molecule has 0 saturated carbocycles. The van der Waals surface area contributed by atoms with Gasteiger partial charge < -0.3 is 0 Å². The summed E-state index contributed by atoms with van der Waals surface area (Å²) in [5, 5.41) is 1.85. The number of hydrogen-bond donors (Lipinski definition) is 0. The van der Waals surface area contributed by atoms with Crippen LogP contribution in [0.4, 0.5) is 4.39 Å². The van der Waals surface area contributed by atoms with Crippen LogP contribution in [0.1, 0.15) is 23.1 Å². The van der Waals surface area contributed by atoms with Gasteiger partial charge in [-0.05, 0) is 77.7 Å². The first-order valence-electron chi connectivity index (χ1n) is 9.45. The predicted molar refractivity (Wildman–Crippen MR) is 116 cm³/mol. The normalized spacial score (nSPS) is 10.4. The Balaban J connectivity index is 1.50. The van der Waals surface area contributed by atoms with Crippen LogP contribution in [0.15, 0.2) is 85.7 Å². The summed E-state index contributed by atoms with van der Waals surface area (Å²) in [5.41, 5.74) is 3.87. The van der Waals surface area contributed by atoms with Crippen LogP contribution in [0, 0.1) is 17.7 Å². The maximum Gasteiger partial charge on any atom is 0.159 e. The van der Waals surface area contributed by atoms with E-state index in [1.807, 2.05) is 60.9 Å². The van der Waals surface area contributed by atoms with Crippen molar-refractivity contribution < 1.29 is 4.39 Å². The molecule has 1 aromatic heterocycles. The first-order valence-corrected chi connectivity index (χ1v) is 9.45. The molecule has 0 aliphatic heterocycles. The Morgan fingerprint density at radius 2 is 1.48 bits per heavy atom. The number of nitrogens with zero attached hydrogens (tertiary/aromatic N) is 2. The van der Waals surface area contributed by atoms with Crippen molar-refractivity contribution in [1.29, 1.82) is 0 Å². The number of halogens is 1. The van der Waals surface area contributed by atoms with Crippen LogP contribution in [-0.4, -0.2) is 9.97 Å². The predicted octanol–water partition coefficient (Wildman–Crippen LogP) is 5.95. The van der Waals surface area contributed by atoms with E-state index in [4.69, 9.17) is 0 Å². The average Bonchev–Trinajstić information content (AvgIpc) is 2.77. The quantitative estimate of drug-likeness (QED) is 0.324. The summed E-state index contributed by atoms with van der Waals surface area (Å²) < 4.78 is 13.3. The van der Waals surface area contributed by atoms with Gasteiger partial charge in [-0.1, -0.05) is 30.0 Å². The molecule has 4 rings (SSSR count). The monoisotopic (exact) mass is 378 g/mol. The van der Waals surface area contributed by atoms with Gasteiger partial charge in [-0.2, -0.15) is 0 Å². The molecule has 4 aromatic rings. The van der Waals surface area contributed by atoms with Gasteiger partial charge in [-0.15, -0.1) is 6.58 Å². The Morgan fingerprint density at radius 1 is 0.828 bits per heavy atom. The number of aromatic nitrogens is 2. The molecule has 29 heavy (non-hydrogen) atoms. The molecule has 1 heterocycles. The summed E-state index contributed by atoms with van der Waals surface area (Å²) in [5.74, 6) is 6.82. The molecule has 3 heteroatoms. The molecule has 0 amide bonds. The summed E-state index contributed by atoms with van der Waals surface area (Å²) >= 11 is 0. The van der Waals surface area contributed by atoms with E-state index in [9.17, 15) is 4.39 Å². The fourth-order valence-electron chi connectivity index (χ4n) is 3.04. The Bertz CT molecular complexity index is 1210.